The number of hydrogen-bond donors (Lipinski definition) is 1. The quantitative estimate of drug-likeness (QED) is 0.265. The number of rotatable bonds is 17. The SMILES string of the molecule is CCCCCCCCCCCCCCCC(=O)OC(C)CC(=O)O. The number of carbonyl (C=O) groups is 2. The monoisotopic (exact) mass is 342 g/mol. The molecule has 0 aromatic carbocycles. The lowest BCUT2D eigenvalue weighted by atomic mass is 10.0. The predicted molar refractivity (Wildman–Crippen MR) is 98.1 cm³/mol. The lowest BCUT2D eigenvalue weighted by Gasteiger charge is -2.10. The van der Waals surface area contributed by atoms with E-state index in [9.17, 15) is 9.59 Å². The van der Waals surface area contributed by atoms with Crippen LogP contribution in [0.1, 0.15) is 110 Å². The van der Waals surface area contributed by atoms with Crippen LogP contribution in [0, 0.1) is 0 Å². The van der Waals surface area contributed by atoms with Gasteiger partial charge in [-0.2, -0.15) is 0 Å². The van der Waals surface area contributed by atoms with Crippen LogP contribution in [0.4, 0.5) is 0 Å². The molecule has 1 N–H and O–H groups in total. The van der Waals surface area contributed by atoms with E-state index in [2.05, 4.69) is 6.92 Å². The van der Waals surface area contributed by atoms with Crippen molar-refractivity contribution in [2.45, 2.75) is 116 Å². The molecule has 4 nitrogen and oxygen atoms in total. The smallest absolute Gasteiger partial charge is 0.307 e. The van der Waals surface area contributed by atoms with Crippen LogP contribution in [0.5, 0.6) is 0 Å². The van der Waals surface area contributed by atoms with Gasteiger partial charge in [0.15, 0.2) is 0 Å². The van der Waals surface area contributed by atoms with Gasteiger partial charge < -0.3 is 9.84 Å². The summed E-state index contributed by atoms with van der Waals surface area (Å²) in [6.07, 6.45) is 16.3. The highest BCUT2D eigenvalue weighted by Crippen LogP contribution is 2.13. The number of hydrogen-bond acceptors (Lipinski definition) is 3. The molecule has 0 heterocycles. The van der Waals surface area contributed by atoms with Crippen molar-refractivity contribution in [1.82, 2.24) is 0 Å². The van der Waals surface area contributed by atoms with Gasteiger partial charge in [0.1, 0.15) is 6.10 Å². The summed E-state index contributed by atoms with van der Waals surface area (Å²) < 4.78 is 5.05. The number of carbonyl (C=O) groups excluding carboxylic acids is 1. The number of esters is 1. The largest absolute Gasteiger partial charge is 0.481 e. The molecule has 0 aromatic heterocycles. The van der Waals surface area contributed by atoms with Crippen molar-refractivity contribution in [3.8, 4) is 0 Å². The van der Waals surface area contributed by atoms with Gasteiger partial charge in [0.2, 0.25) is 0 Å². The minimum atomic E-state index is -0.934. The molecular weight excluding hydrogens is 304 g/mol. The molecule has 0 fully saturated rings. The van der Waals surface area contributed by atoms with Crippen LogP contribution >= 0.6 is 0 Å². The maximum atomic E-state index is 11.5. The number of unbranched alkanes of at least 4 members (excludes halogenated alkanes) is 12. The second-order valence-corrected chi connectivity index (χ2v) is 6.89. The summed E-state index contributed by atoms with van der Waals surface area (Å²) in [5, 5.41) is 8.60. The normalized spacial score (nSPS) is 12.1. The molecule has 0 amide bonds. The summed E-state index contributed by atoms with van der Waals surface area (Å²) in [7, 11) is 0. The zero-order valence-corrected chi connectivity index (χ0v) is 15.9. The van der Waals surface area contributed by atoms with Crippen LogP contribution in [-0.2, 0) is 14.3 Å². The molecular formula is C20H38O4. The minimum absolute atomic E-state index is 0.121. The third-order valence-corrected chi connectivity index (χ3v) is 4.28. The second kappa shape index (κ2) is 16.8. The Morgan fingerprint density at radius 2 is 1.21 bits per heavy atom. The molecule has 0 aliphatic rings. The fourth-order valence-electron chi connectivity index (χ4n) is 2.86. The van der Waals surface area contributed by atoms with Crippen LogP contribution in [0.15, 0.2) is 0 Å². The summed E-state index contributed by atoms with van der Waals surface area (Å²) in [5.41, 5.74) is 0. The summed E-state index contributed by atoms with van der Waals surface area (Å²) in [6, 6.07) is 0. The molecule has 0 aromatic rings. The van der Waals surface area contributed by atoms with Crippen molar-refractivity contribution in [3.63, 3.8) is 0 Å². The number of ether oxygens (including phenoxy) is 1. The van der Waals surface area contributed by atoms with Gasteiger partial charge in [-0.25, -0.2) is 0 Å². The van der Waals surface area contributed by atoms with Crippen LogP contribution in [0.2, 0.25) is 0 Å². The van der Waals surface area contributed by atoms with Gasteiger partial charge in [0.25, 0.3) is 0 Å². The topological polar surface area (TPSA) is 63.6 Å². The predicted octanol–water partition coefficient (Wildman–Crippen LogP) is 5.87. The van der Waals surface area contributed by atoms with E-state index >= 15 is 0 Å². The third kappa shape index (κ3) is 17.3. The summed E-state index contributed by atoms with van der Waals surface area (Å²) in [6.45, 7) is 3.87. The van der Waals surface area contributed by atoms with E-state index in [1.807, 2.05) is 0 Å². The Labute approximate surface area is 148 Å². The Bertz CT molecular complexity index is 315. The minimum Gasteiger partial charge on any atom is -0.481 e. The van der Waals surface area contributed by atoms with Crippen molar-refractivity contribution in [2.75, 3.05) is 0 Å². The molecule has 0 saturated carbocycles. The zero-order chi connectivity index (χ0) is 18.0. The summed E-state index contributed by atoms with van der Waals surface area (Å²) >= 11 is 0. The van der Waals surface area contributed by atoms with Gasteiger partial charge in [-0.3, -0.25) is 9.59 Å². The first-order chi connectivity index (χ1) is 11.6. The zero-order valence-electron chi connectivity index (χ0n) is 15.9. The maximum absolute atomic E-state index is 11.5. The highest BCUT2D eigenvalue weighted by atomic mass is 16.5. The van der Waals surface area contributed by atoms with E-state index in [0.29, 0.717) is 6.42 Å². The maximum Gasteiger partial charge on any atom is 0.307 e. The highest BCUT2D eigenvalue weighted by Gasteiger charge is 2.12. The van der Waals surface area contributed by atoms with Gasteiger partial charge >= 0.3 is 11.9 Å². The van der Waals surface area contributed by atoms with Crippen molar-refractivity contribution in [2.24, 2.45) is 0 Å². The van der Waals surface area contributed by atoms with E-state index < -0.39 is 12.1 Å². The van der Waals surface area contributed by atoms with Gasteiger partial charge in [0, 0.05) is 6.42 Å². The average Bonchev–Trinajstić information content (AvgIpc) is 2.51. The molecule has 4 heteroatoms. The number of carboxylic acids is 1. The molecule has 0 radical (unpaired) electrons. The van der Waals surface area contributed by atoms with Crippen LogP contribution < -0.4 is 0 Å². The number of carboxylic acid groups (broad SMARTS) is 1. The van der Waals surface area contributed by atoms with Crippen LogP contribution in [-0.4, -0.2) is 23.1 Å². The van der Waals surface area contributed by atoms with Gasteiger partial charge in [0.05, 0.1) is 6.42 Å². The lowest BCUT2D eigenvalue weighted by molar-refractivity contribution is -0.151. The van der Waals surface area contributed by atoms with Crippen molar-refractivity contribution >= 4 is 11.9 Å². The average molecular weight is 343 g/mol. The molecule has 0 aliphatic heterocycles. The fraction of sp³-hybridized carbons (Fsp3) is 0.900. The lowest BCUT2D eigenvalue weighted by Crippen LogP contribution is -2.18. The van der Waals surface area contributed by atoms with Crippen LogP contribution in [0.25, 0.3) is 0 Å². The molecule has 1 atom stereocenters. The van der Waals surface area contributed by atoms with Crippen LogP contribution in [0.3, 0.4) is 0 Å². The standard InChI is InChI=1S/C20H38O4/c1-3-4-5-6-7-8-9-10-11-12-13-14-15-16-20(23)24-18(2)17-19(21)22/h18H,3-17H2,1-2H3,(H,21,22). The van der Waals surface area contributed by atoms with Gasteiger partial charge in [-0.05, 0) is 13.3 Å². The first kappa shape index (κ1) is 22.9. The molecule has 0 bridgehead atoms. The first-order valence-corrected chi connectivity index (χ1v) is 9.97. The molecule has 0 aliphatic carbocycles. The van der Waals surface area contributed by atoms with E-state index in [1.165, 1.54) is 70.6 Å². The summed E-state index contributed by atoms with van der Waals surface area (Å²) in [5.74, 6) is -1.21. The Morgan fingerprint density at radius 3 is 1.62 bits per heavy atom. The van der Waals surface area contributed by atoms with E-state index in [1.54, 1.807) is 6.92 Å². The molecule has 0 saturated heterocycles. The first-order valence-electron chi connectivity index (χ1n) is 9.97. The highest BCUT2D eigenvalue weighted by molar-refractivity contribution is 5.71. The molecule has 142 valence electrons. The second-order valence-electron chi connectivity index (χ2n) is 6.89. The fourth-order valence-corrected chi connectivity index (χ4v) is 2.86. The van der Waals surface area contributed by atoms with E-state index in [0.717, 1.165) is 12.8 Å². The Hall–Kier alpha value is -1.06. The summed E-state index contributed by atoms with van der Waals surface area (Å²) in [4.78, 5) is 22.0. The van der Waals surface area contributed by atoms with Gasteiger partial charge in [-0.15, -0.1) is 0 Å². The Kier molecular flexibility index (Phi) is 16.0. The van der Waals surface area contributed by atoms with Crippen molar-refractivity contribution in [3.05, 3.63) is 0 Å². The molecule has 0 spiro atoms. The number of aliphatic carboxylic acids is 1. The third-order valence-electron chi connectivity index (χ3n) is 4.28. The van der Waals surface area contributed by atoms with Crippen molar-refractivity contribution < 1.29 is 19.4 Å². The molecule has 24 heavy (non-hydrogen) atoms. The van der Waals surface area contributed by atoms with Gasteiger partial charge in [-0.1, -0.05) is 84.0 Å². The van der Waals surface area contributed by atoms with Crippen molar-refractivity contribution in [1.29, 1.82) is 0 Å². The van der Waals surface area contributed by atoms with E-state index in [4.69, 9.17) is 9.84 Å². The Balaban J connectivity index is 3.24. The Morgan fingerprint density at radius 1 is 0.792 bits per heavy atom. The molecule has 0 rings (SSSR count). The molecule has 1 unspecified atom stereocenters. The van der Waals surface area contributed by atoms with E-state index in [-0.39, 0.29) is 12.4 Å².